The molecule has 140 valence electrons. The lowest BCUT2D eigenvalue weighted by atomic mass is 9.78. The molecule has 1 fully saturated rings. The highest BCUT2D eigenvalue weighted by Crippen LogP contribution is 2.30. The highest BCUT2D eigenvalue weighted by Gasteiger charge is 2.30. The highest BCUT2D eigenvalue weighted by molar-refractivity contribution is 8.00. The number of amides is 1. The third-order valence-electron chi connectivity index (χ3n) is 5.46. The molecular weight excluding hydrogens is 346 g/mol. The Morgan fingerprint density at radius 1 is 1.27 bits per heavy atom. The Balaban J connectivity index is 1.64. The van der Waals surface area contributed by atoms with Crippen molar-refractivity contribution in [1.82, 2.24) is 25.1 Å². The van der Waals surface area contributed by atoms with Crippen LogP contribution in [0.3, 0.4) is 0 Å². The van der Waals surface area contributed by atoms with Crippen molar-refractivity contribution in [3.05, 3.63) is 24.5 Å². The Morgan fingerprint density at radius 3 is 2.73 bits per heavy atom. The van der Waals surface area contributed by atoms with Crippen molar-refractivity contribution in [1.29, 1.82) is 0 Å². The topological polar surface area (TPSA) is 72.7 Å². The van der Waals surface area contributed by atoms with Crippen LogP contribution in [0.4, 0.5) is 0 Å². The van der Waals surface area contributed by atoms with Crippen molar-refractivity contribution < 1.29 is 4.79 Å². The monoisotopic (exact) mass is 373 g/mol. The summed E-state index contributed by atoms with van der Waals surface area (Å²) in [6.45, 7) is 6.45. The van der Waals surface area contributed by atoms with Crippen LogP contribution in [0.15, 0.2) is 29.7 Å². The SMILES string of the molecule is C[C@@H]1[C@H](C)CCC[C@@H]1NC(=O)[C@@H](C)Sc1nnc(-c2ccncc2)n1C. The fourth-order valence-electron chi connectivity index (χ4n) is 3.47. The Morgan fingerprint density at radius 2 is 2.00 bits per heavy atom. The van der Waals surface area contributed by atoms with Gasteiger partial charge in [0.2, 0.25) is 5.91 Å². The lowest BCUT2D eigenvalue weighted by Crippen LogP contribution is -2.46. The molecule has 0 aromatic carbocycles. The quantitative estimate of drug-likeness (QED) is 0.814. The van der Waals surface area contributed by atoms with Crippen molar-refractivity contribution in [2.24, 2.45) is 18.9 Å². The number of nitrogens with one attached hydrogen (secondary N) is 1. The second-order valence-corrected chi connectivity index (χ2v) is 8.55. The standard InChI is InChI=1S/C19H27N5OS/c1-12-6-5-7-16(13(12)2)21-18(25)14(3)26-19-23-22-17(24(19)4)15-8-10-20-11-9-15/h8-14,16H,5-7H2,1-4H3,(H,21,25)/t12-,13-,14-,16+/m1/s1. The zero-order chi connectivity index (χ0) is 18.7. The summed E-state index contributed by atoms with van der Waals surface area (Å²) in [5.41, 5.74) is 0.962. The van der Waals surface area contributed by atoms with E-state index in [4.69, 9.17) is 0 Å². The van der Waals surface area contributed by atoms with Crippen molar-refractivity contribution in [3.63, 3.8) is 0 Å². The molecule has 1 aliphatic rings. The fourth-order valence-corrected chi connectivity index (χ4v) is 4.29. The van der Waals surface area contributed by atoms with E-state index in [1.54, 1.807) is 12.4 Å². The first kappa shape index (κ1) is 18.9. The van der Waals surface area contributed by atoms with Gasteiger partial charge in [-0.05, 0) is 37.3 Å². The van der Waals surface area contributed by atoms with Crippen LogP contribution >= 0.6 is 11.8 Å². The van der Waals surface area contributed by atoms with Gasteiger partial charge in [0.1, 0.15) is 0 Å². The van der Waals surface area contributed by atoms with Gasteiger partial charge in [0, 0.05) is 31.0 Å². The van der Waals surface area contributed by atoms with Gasteiger partial charge in [-0.3, -0.25) is 9.78 Å². The first-order chi connectivity index (χ1) is 12.5. The molecule has 0 aliphatic heterocycles. The molecule has 1 amide bonds. The number of aromatic nitrogens is 4. The molecule has 1 saturated carbocycles. The zero-order valence-corrected chi connectivity index (χ0v) is 16.7. The molecule has 2 heterocycles. The predicted octanol–water partition coefficient (Wildman–Crippen LogP) is 3.30. The van der Waals surface area contributed by atoms with Crippen LogP contribution in [-0.2, 0) is 11.8 Å². The van der Waals surface area contributed by atoms with Crippen molar-refractivity contribution in [3.8, 4) is 11.4 Å². The Kier molecular flexibility index (Phi) is 5.96. The maximum atomic E-state index is 12.7. The van der Waals surface area contributed by atoms with Crippen molar-refractivity contribution in [2.75, 3.05) is 0 Å². The van der Waals surface area contributed by atoms with Crippen LogP contribution < -0.4 is 5.32 Å². The molecule has 0 bridgehead atoms. The molecule has 2 aromatic rings. The molecule has 3 rings (SSSR count). The number of carbonyl (C=O) groups excluding carboxylic acids is 1. The fraction of sp³-hybridized carbons (Fsp3) is 0.579. The first-order valence-corrected chi connectivity index (χ1v) is 10.1. The summed E-state index contributed by atoms with van der Waals surface area (Å²) >= 11 is 1.45. The van der Waals surface area contributed by atoms with E-state index in [1.165, 1.54) is 24.6 Å². The summed E-state index contributed by atoms with van der Waals surface area (Å²) in [4.78, 5) is 16.7. The molecule has 2 aromatic heterocycles. The van der Waals surface area contributed by atoms with Crippen LogP contribution in [0.25, 0.3) is 11.4 Å². The molecule has 4 atom stereocenters. The van der Waals surface area contributed by atoms with E-state index >= 15 is 0 Å². The Labute approximate surface area is 159 Å². The molecule has 0 unspecified atom stereocenters. The number of hydrogen-bond donors (Lipinski definition) is 1. The summed E-state index contributed by atoms with van der Waals surface area (Å²) in [7, 11) is 1.92. The summed E-state index contributed by atoms with van der Waals surface area (Å²) in [6.07, 6.45) is 6.99. The first-order valence-electron chi connectivity index (χ1n) is 9.24. The summed E-state index contributed by atoms with van der Waals surface area (Å²) < 4.78 is 1.93. The molecule has 26 heavy (non-hydrogen) atoms. The number of carbonyl (C=O) groups is 1. The molecule has 0 saturated heterocycles. The molecule has 6 nitrogen and oxygen atoms in total. The smallest absolute Gasteiger partial charge is 0.233 e. The third-order valence-corrected chi connectivity index (χ3v) is 6.59. The highest BCUT2D eigenvalue weighted by atomic mass is 32.2. The van der Waals surface area contributed by atoms with Gasteiger partial charge in [0.25, 0.3) is 0 Å². The van der Waals surface area contributed by atoms with E-state index < -0.39 is 0 Å². The van der Waals surface area contributed by atoms with Gasteiger partial charge in [-0.15, -0.1) is 10.2 Å². The van der Waals surface area contributed by atoms with Crippen molar-refractivity contribution >= 4 is 17.7 Å². The van der Waals surface area contributed by atoms with Crippen LogP contribution in [-0.4, -0.2) is 36.9 Å². The van der Waals surface area contributed by atoms with E-state index in [0.29, 0.717) is 11.8 Å². The number of nitrogens with zero attached hydrogens (tertiary/aromatic N) is 4. The van der Waals surface area contributed by atoms with Gasteiger partial charge in [0.15, 0.2) is 11.0 Å². The molecule has 1 N–H and O–H groups in total. The van der Waals surface area contributed by atoms with Crippen LogP contribution in [0.2, 0.25) is 0 Å². The predicted molar refractivity (Wildman–Crippen MR) is 104 cm³/mol. The van der Waals surface area contributed by atoms with E-state index in [9.17, 15) is 4.79 Å². The van der Waals surface area contributed by atoms with Gasteiger partial charge in [-0.25, -0.2) is 0 Å². The lowest BCUT2D eigenvalue weighted by molar-refractivity contribution is -0.121. The molecular formula is C19H27N5OS. The molecule has 7 heteroatoms. The minimum atomic E-state index is -0.215. The van der Waals surface area contributed by atoms with Crippen LogP contribution in [0.1, 0.15) is 40.0 Å². The van der Waals surface area contributed by atoms with E-state index in [1.807, 2.05) is 30.7 Å². The van der Waals surface area contributed by atoms with Crippen LogP contribution in [0.5, 0.6) is 0 Å². The second-order valence-electron chi connectivity index (χ2n) is 7.24. The third kappa shape index (κ3) is 4.09. The van der Waals surface area contributed by atoms with Gasteiger partial charge in [-0.2, -0.15) is 0 Å². The molecule has 1 aliphatic carbocycles. The Hall–Kier alpha value is -1.89. The van der Waals surface area contributed by atoms with Gasteiger partial charge in [0.05, 0.1) is 5.25 Å². The number of pyridine rings is 1. The average molecular weight is 374 g/mol. The van der Waals surface area contributed by atoms with E-state index in [-0.39, 0.29) is 17.2 Å². The average Bonchev–Trinajstić information content (AvgIpc) is 3.00. The maximum absolute atomic E-state index is 12.7. The minimum Gasteiger partial charge on any atom is -0.352 e. The molecule has 0 radical (unpaired) electrons. The van der Waals surface area contributed by atoms with Gasteiger partial charge < -0.3 is 9.88 Å². The molecule has 0 spiro atoms. The van der Waals surface area contributed by atoms with Gasteiger partial charge >= 0.3 is 0 Å². The van der Waals surface area contributed by atoms with E-state index in [0.717, 1.165) is 23.0 Å². The minimum absolute atomic E-state index is 0.0782. The summed E-state index contributed by atoms with van der Waals surface area (Å²) in [5, 5.41) is 12.3. The van der Waals surface area contributed by atoms with Gasteiger partial charge in [-0.1, -0.05) is 38.5 Å². The summed E-state index contributed by atoms with van der Waals surface area (Å²) in [6, 6.07) is 4.08. The van der Waals surface area contributed by atoms with Crippen LogP contribution in [0, 0.1) is 11.8 Å². The number of hydrogen-bond acceptors (Lipinski definition) is 5. The van der Waals surface area contributed by atoms with Crippen molar-refractivity contribution in [2.45, 2.75) is 56.5 Å². The Bertz CT molecular complexity index is 748. The zero-order valence-electron chi connectivity index (χ0n) is 15.8. The normalized spacial score (nSPS) is 24.2. The number of rotatable bonds is 5. The largest absolute Gasteiger partial charge is 0.352 e. The van der Waals surface area contributed by atoms with E-state index in [2.05, 4.69) is 34.3 Å². The number of thioether (sulfide) groups is 1. The second kappa shape index (κ2) is 8.20. The summed E-state index contributed by atoms with van der Waals surface area (Å²) in [5.74, 6) is 2.04. The maximum Gasteiger partial charge on any atom is 0.233 e. The lowest BCUT2D eigenvalue weighted by Gasteiger charge is -2.35.